The first-order valence-corrected chi connectivity index (χ1v) is 5.26. The minimum absolute atomic E-state index is 0.140. The Kier molecular flexibility index (Phi) is 4.10. The van der Waals surface area contributed by atoms with Crippen LogP contribution < -0.4 is 10.2 Å². The third kappa shape index (κ3) is 2.62. The Balaban J connectivity index is 3.16. The summed E-state index contributed by atoms with van der Waals surface area (Å²) in [6.45, 7) is 2.76. The summed E-state index contributed by atoms with van der Waals surface area (Å²) in [5, 5.41) is 14.1. The fourth-order valence-corrected chi connectivity index (χ4v) is 1.49. The molecule has 0 heterocycles. The molecule has 0 spiro atoms. The fraction of sp³-hybridized carbons (Fsp3) is 0.455. The minimum Gasteiger partial charge on any atom is -0.379 e. The molecule has 0 unspecified atom stereocenters. The molecule has 0 atom stereocenters. The summed E-state index contributed by atoms with van der Waals surface area (Å²) in [7, 11) is 3.60. The number of nitrogens with zero attached hydrogens (tertiary/aromatic N) is 2. The van der Waals surface area contributed by atoms with Gasteiger partial charge in [-0.15, -0.1) is 0 Å². The van der Waals surface area contributed by atoms with Gasteiger partial charge >= 0.3 is 5.69 Å². The van der Waals surface area contributed by atoms with Crippen molar-refractivity contribution >= 4 is 17.1 Å². The molecule has 5 nitrogen and oxygen atoms in total. The molecule has 0 saturated heterocycles. The van der Waals surface area contributed by atoms with Gasteiger partial charge in [0, 0.05) is 20.6 Å². The van der Waals surface area contributed by atoms with Crippen LogP contribution in [-0.2, 0) is 0 Å². The lowest BCUT2D eigenvalue weighted by Crippen LogP contribution is -2.12. The van der Waals surface area contributed by atoms with Crippen molar-refractivity contribution in [1.82, 2.24) is 0 Å². The van der Waals surface area contributed by atoms with E-state index in [0.29, 0.717) is 11.4 Å². The molecule has 5 heteroatoms. The fourth-order valence-electron chi connectivity index (χ4n) is 1.49. The molecular weight excluding hydrogens is 206 g/mol. The molecule has 0 aliphatic heterocycles. The number of hydrogen-bond donors (Lipinski definition) is 1. The van der Waals surface area contributed by atoms with E-state index >= 15 is 0 Å². The topological polar surface area (TPSA) is 58.4 Å². The quantitative estimate of drug-likeness (QED) is 0.615. The summed E-state index contributed by atoms with van der Waals surface area (Å²) >= 11 is 0. The van der Waals surface area contributed by atoms with Gasteiger partial charge in [-0.25, -0.2) is 0 Å². The van der Waals surface area contributed by atoms with E-state index in [0.717, 1.165) is 13.0 Å². The van der Waals surface area contributed by atoms with Gasteiger partial charge in [0.15, 0.2) is 0 Å². The van der Waals surface area contributed by atoms with Crippen LogP contribution in [0.1, 0.15) is 13.3 Å². The number of hydrogen-bond acceptors (Lipinski definition) is 4. The van der Waals surface area contributed by atoms with Crippen LogP contribution in [-0.4, -0.2) is 25.6 Å². The normalized spacial score (nSPS) is 9.94. The average Bonchev–Trinajstić information content (AvgIpc) is 2.25. The molecular formula is C11H17N3O2. The van der Waals surface area contributed by atoms with Crippen molar-refractivity contribution < 1.29 is 4.92 Å². The summed E-state index contributed by atoms with van der Waals surface area (Å²) in [5.74, 6) is 0. The van der Waals surface area contributed by atoms with E-state index < -0.39 is 0 Å². The molecule has 0 bridgehead atoms. The summed E-state index contributed by atoms with van der Waals surface area (Å²) in [5.41, 5.74) is 1.34. The predicted octanol–water partition coefficient (Wildman–Crippen LogP) is 2.48. The number of anilines is 2. The Bertz CT molecular complexity index is 377. The molecule has 1 aromatic carbocycles. The van der Waals surface area contributed by atoms with E-state index in [-0.39, 0.29) is 10.6 Å². The third-order valence-corrected chi connectivity index (χ3v) is 2.24. The number of nitro groups is 1. The van der Waals surface area contributed by atoms with Crippen molar-refractivity contribution in [3.05, 3.63) is 28.3 Å². The van der Waals surface area contributed by atoms with Crippen LogP contribution in [0.25, 0.3) is 0 Å². The van der Waals surface area contributed by atoms with Crippen molar-refractivity contribution in [2.75, 3.05) is 30.9 Å². The van der Waals surface area contributed by atoms with Crippen LogP contribution in [0, 0.1) is 10.1 Å². The zero-order valence-electron chi connectivity index (χ0n) is 9.86. The molecule has 1 aromatic rings. The first-order chi connectivity index (χ1) is 7.57. The molecule has 0 fully saturated rings. The van der Waals surface area contributed by atoms with Gasteiger partial charge in [-0.2, -0.15) is 0 Å². The van der Waals surface area contributed by atoms with E-state index in [1.165, 1.54) is 0 Å². The van der Waals surface area contributed by atoms with E-state index in [2.05, 4.69) is 5.32 Å². The van der Waals surface area contributed by atoms with Crippen LogP contribution >= 0.6 is 0 Å². The molecule has 1 rings (SSSR count). The number of rotatable bonds is 5. The number of nitrogens with one attached hydrogen (secondary N) is 1. The highest BCUT2D eigenvalue weighted by Crippen LogP contribution is 2.34. The molecule has 0 aromatic heterocycles. The maximum Gasteiger partial charge on any atom is 0.315 e. The Morgan fingerprint density at radius 2 is 2.12 bits per heavy atom. The molecule has 0 aliphatic carbocycles. The average molecular weight is 223 g/mol. The molecule has 0 saturated carbocycles. The van der Waals surface area contributed by atoms with E-state index in [9.17, 15) is 10.1 Å². The smallest absolute Gasteiger partial charge is 0.315 e. The molecule has 0 radical (unpaired) electrons. The van der Waals surface area contributed by atoms with E-state index in [1.807, 2.05) is 13.0 Å². The minimum atomic E-state index is -0.340. The third-order valence-electron chi connectivity index (χ3n) is 2.24. The van der Waals surface area contributed by atoms with Crippen molar-refractivity contribution in [2.24, 2.45) is 0 Å². The molecule has 0 amide bonds. The Labute approximate surface area is 95.2 Å². The van der Waals surface area contributed by atoms with Gasteiger partial charge < -0.3 is 10.2 Å². The predicted molar refractivity (Wildman–Crippen MR) is 66.2 cm³/mol. The summed E-state index contributed by atoms with van der Waals surface area (Å²) < 4.78 is 0. The van der Waals surface area contributed by atoms with E-state index in [4.69, 9.17) is 0 Å². The SMILES string of the molecule is CCCNc1cccc(N(C)C)c1[N+](=O)[O-]. The highest BCUT2D eigenvalue weighted by molar-refractivity contribution is 5.76. The standard InChI is InChI=1S/C11H17N3O2/c1-4-8-12-9-6-5-7-10(13(2)3)11(9)14(15)16/h5-7,12H,4,8H2,1-3H3. The lowest BCUT2D eigenvalue weighted by atomic mass is 10.2. The Morgan fingerprint density at radius 1 is 1.44 bits per heavy atom. The van der Waals surface area contributed by atoms with Crippen LogP contribution in [0.15, 0.2) is 18.2 Å². The second-order valence-electron chi connectivity index (χ2n) is 3.75. The summed E-state index contributed by atoms with van der Waals surface area (Å²) in [4.78, 5) is 12.5. The Hall–Kier alpha value is -1.78. The Morgan fingerprint density at radius 3 is 2.62 bits per heavy atom. The van der Waals surface area contributed by atoms with Crippen molar-refractivity contribution in [1.29, 1.82) is 0 Å². The van der Waals surface area contributed by atoms with Gasteiger partial charge in [0.1, 0.15) is 11.4 Å². The van der Waals surface area contributed by atoms with Gasteiger partial charge in [-0.3, -0.25) is 10.1 Å². The number of benzene rings is 1. The van der Waals surface area contributed by atoms with Crippen molar-refractivity contribution in [2.45, 2.75) is 13.3 Å². The van der Waals surface area contributed by atoms with Crippen LogP contribution in [0.3, 0.4) is 0 Å². The first-order valence-electron chi connectivity index (χ1n) is 5.26. The maximum atomic E-state index is 11.0. The van der Waals surface area contributed by atoms with Crippen LogP contribution in [0.5, 0.6) is 0 Å². The zero-order chi connectivity index (χ0) is 12.1. The molecule has 16 heavy (non-hydrogen) atoms. The molecule has 0 aliphatic rings. The highest BCUT2D eigenvalue weighted by Gasteiger charge is 2.20. The monoisotopic (exact) mass is 223 g/mol. The molecule has 88 valence electrons. The molecule has 1 N–H and O–H groups in total. The number of para-hydroxylation sites is 1. The van der Waals surface area contributed by atoms with Crippen LogP contribution in [0.4, 0.5) is 17.1 Å². The van der Waals surface area contributed by atoms with Gasteiger partial charge in [-0.1, -0.05) is 13.0 Å². The zero-order valence-corrected chi connectivity index (χ0v) is 9.86. The van der Waals surface area contributed by atoms with Gasteiger partial charge in [-0.05, 0) is 18.6 Å². The van der Waals surface area contributed by atoms with Crippen molar-refractivity contribution in [3.63, 3.8) is 0 Å². The highest BCUT2D eigenvalue weighted by atomic mass is 16.6. The lowest BCUT2D eigenvalue weighted by molar-refractivity contribution is -0.383. The van der Waals surface area contributed by atoms with Gasteiger partial charge in [0.25, 0.3) is 0 Å². The van der Waals surface area contributed by atoms with Gasteiger partial charge in [0.05, 0.1) is 4.92 Å². The van der Waals surface area contributed by atoms with Gasteiger partial charge in [0.2, 0.25) is 0 Å². The second kappa shape index (κ2) is 5.34. The lowest BCUT2D eigenvalue weighted by Gasteiger charge is -2.15. The number of nitro benzene ring substituents is 1. The summed E-state index contributed by atoms with van der Waals surface area (Å²) in [6.07, 6.45) is 0.934. The summed E-state index contributed by atoms with van der Waals surface area (Å²) in [6, 6.07) is 5.30. The van der Waals surface area contributed by atoms with Crippen molar-refractivity contribution in [3.8, 4) is 0 Å². The maximum absolute atomic E-state index is 11.0. The van der Waals surface area contributed by atoms with E-state index in [1.54, 1.807) is 31.1 Å². The van der Waals surface area contributed by atoms with Crippen LogP contribution in [0.2, 0.25) is 0 Å². The second-order valence-corrected chi connectivity index (χ2v) is 3.75. The first kappa shape index (κ1) is 12.3. The largest absolute Gasteiger partial charge is 0.379 e.